The first kappa shape index (κ1) is 19.7. The highest BCUT2D eigenvalue weighted by molar-refractivity contribution is 7.90. The molecule has 0 radical (unpaired) electrons. The van der Waals surface area contributed by atoms with E-state index in [1.807, 2.05) is 6.92 Å². The van der Waals surface area contributed by atoms with Crippen LogP contribution >= 0.6 is 0 Å². The van der Waals surface area contributed by atoms with Gasteiger partial charge in [-0.25, -0.2) is 13.2 Å². The molecule has 1 aromatic heterocycles. The molecule has 0 spiro atoms. The molecule has 0 unspecified atom stereocenters. The van der Waals surface area contributed by atoms with Crippen LogP contribution < -0.4 is 0 Å². The summed E-state index contributed by atoms with van der Waals surface area (Å²) >= 11 is 0. The molecule has 140 valence electrons. The molecule has 1 heterocycles. The number of furan rings is 1. The Balaban J connectivity index is 2.28. The average molecular weight is 379 g/mol. The SMILES string of the molecule is CCc1ccc(C(=O)N(C)Cc2cc(C(=O)O)c(C)o2)cc1S(C)(=O)=O. The number of hydrogen-bond donors (Lipinski definition) is 1. The lowest BCUT2D eigenvalue weighted by molar-refractivity contribution is 0.0694. The fraction of sp³-hybridized carbons (Fsp3) is 0.333. The summed E-state index contributed by atoms with van der Waals surface area (Å²) in [5.74, 6) is -0.882. The fourth-order valence-corrected chi connectivity index (χ4v) is 3.71. The van der Waals surface area contributed by atoms with Gasteiger partial charge in [-0.1, -0.05) is 13.0 Å². The maximum Gasteiger partial charge on any atom is 0.339 e. The summed E-state index contributed by atoms with van der Waals surface area (Å²) in [6.07, 6.45) is 1.65. The van der Waals surface area contributed by atoms with Crippen LogP contribution in [0.25, 0.3) is 0 Å². The van der Waals surface area contributed by atoms with Gasteiger partial charge in [-0.2, -0.15) is 0 Å². The Morgan fingerprint density at radius 2 is 1.88 bits per heavy atom. The van der Waals surface area contributed by atoms with Gasteiger partial charge in [0.15, 0.2) is 9.84 Å². The number of amides is 1. The molecule has 26 heavy (non-hydrogen) atoms. The zero-order valence-electron chi connectivity index (χ0n) is 15.1. The number of aryl methyl sites for hydroxylation is 2. The third-order valence-electron chi connectivity index (χ3n) is 4.03. The molecule has 0 aliphatic rings. The van der Waals surface area contributed by atoms with Gasteiger partial charge < -0.3 is 14.4 Å². The molecule has 8 heteroatoms. The lowest BCUT2D eigenvalue weighted by Crippen LogP contribution is -2.26. The van der Waals surface area contributed by atoms with Crippen molar-refractivity contribution in [3.63, 3.8) is 0 Å². The predicted octanol–water partition coefficient (Wildman–Crippen LogP) is 2.52. The third-order valence-corrected chi connectivity index (χ3v) is 5.21. The molecule has 0 saturated carbocycles. The van der Waals surface area contributed by atoms with Crippen LogP contribution in [0, 0.1) is 6.92 Å². The second kappa shape index (κ2) is 7.33. The molecule has 0 saturated heterocycles. The highest BCUT2D eigenvalue weighted by atomic mass is 32.2. The van der Waals surface area contributed by atoms with Crippen molar-refractivity contribution in [1.82, 2.24) is 4.90 Å². The molecule has 1 amide bonds. The minimum atomic E-state index is -3.45. The van der Waals surface area contributed by atoms with Crippen molar-refractivity contribution in [1.29, 1.82) is 0 Å². The molecule has 2 aromatic rings. The van der Waals surface area contributed by atoms with Crippen LogP contribution in [0.3, 0.4) is 0 Å². The van der Waals surface area contributed by atoms with E-state index in [1.54, 1.807) is 12.1 Å². The van der Waals surface area contributed by atoms with Crippen molar-refractivity contribution in [3.8, 4) is 0 Å². The second-order valence-electron chi connectivity index (χ2n) is 6.10. The smallest absolute Gasteiger partial charge is 0.339 e. The number of rotatable bonds is 6. The molecular weight excluding hydrogens is 358 g/mol. The molecule has 0 fully saturated rings. The summed E-state index contributed by atoms with van der Waals surface area (Å²) in [6, 6.07) is 5.98. The van der Waals surface area contributed by atoms with Gasteiger partial charge in [0.05, 0.1) is 11.4 Å². The van der Waals surface area contributed by atoms with Crippen LogP contribution in [-0.2, 0) is 22.8 Å². The number of carboxylic acid groups (broad SMARTS) is 1. The Bertz CT molecular complexity index is 958. The van der Waals surface area contributed by atoms with Gasteiger partial charge in [-0.05, 0) is 37.1 Å². The molecule has 0 atom stereocenters. The van der Waals surface area contributed by atoms with E-state index in [1.165, 1.54) is 31.0 Å². The predicted molar refractivity (Wildman–Crippen MR) is 95.1 cm³/mol. The van der Waals surface area contributed by atoms with Crippen LogP contribution in [0.5, 0.6) is 0 Å². The summed E-state index contributed by atoms with van der Waals surface area (Å²) in [5.41, 5.74) is 0.943. The normalized spacial score (nSPS) is 11.4. The number of carbonyl (C=O) groups excluding carboxylic acids is 1. The molecule has 0 aliphatic carbocycles. The first-order chi connectivity index (χ1) is 12.0. The van der Waals surface area contributed by atoms with Crippen molar-refractivity contribution in [2.24, 2.45) is 0 Å². The minimum absolute atomic E-state index is 0.0486. The average Bonchev–Trinajstić information content (AvgIpc) is 2.93. The Morgan fingerprint density at radius 1 is 1.23 bits per heavy atom. The molecule has 2 rings (SSSR count). The van der Waals surface area contributed by atoms with Gasteiger partial charge in [-0.3, -0.25) is 4.79 Å². The number of nitrogens with zero attached hydrogens (tertiary/aromatic N) is 1. The highest BCUT2D eigenvalue weighted by Gasteiger charge is 2.20. The Morgan fingerprint density at radius 3 is 2.38 bits per heavy atom. The standard InChI is InChI=1S/C18H21NO6S/c1-5-12-6-7-13(8-16(12)26(4,23)24)17(20)19(3)10-14-9-15(18(21)22)11(2)25-14/h6-9H,5,10H2,1-4H3,(H,21,22). The van der Waals surface area contributed by atoms with E-state index < -0.39 is 15.8 Å². The van der Waals surface area contributed by atoms with E-state index in [9.17, 15) is 18.0 Å². The zero-order chi connectivity index (χ0) is 19.6. The number of benzene rings is 1. The van der Waals surface area contributed by atoms with Crippen LogP contribution in [0.1, 0.15) is 44.7 Å². The van der Waals surface area contributed by atoms with Gasteiger partial charge in [-0.15, -0.1) is 0 Å². The topological polar surface area (TPSA) is 105 Å². The largest absolute Gasteiger partial charge is 0.478 e. The molecule has 0 bridgehead atoms. The van der Waals surface area contributed by atoms with Crippen molar-refractivity contribution in [2.45, 2.75) is 31.7 Å². The summed E-state index contributed by atoms with van der Waals surface area (Å²) in [6.45, 7) is 3.45. The molecule has 1 N–H and O–H groups in total. The third kappa shape index (κ3) is 4.13. The number of carbonyl (C=O) groups is 2. The summed E-state index contributed by atoms with van der Waals surface area (Å²) in [4.78, 5) is 25.2. The lowest BCUT2D eigenvalue weighted by Gasteiger charge is -2.17. The van der Waals surface area contributed by atoms with Crippen LogP contribution in [-0.4, -0.2) is 43.6 Å². The Hall–Kier alpha value is -2.61. The Kier molecular flexibility index (Phi) is 5.56. The molecule has 0 aliphatic heterocycles. The van der Waals surface area contributed by atoms with Gasteiger partial charge in [0.2, 0.25) is 0 Å². The quantitative estimate of drug-likeness (QED) is 0.827. The van der Waals surface area contributed by atoms with Gasteiger partial charge in [0.1, 0.15) is 17.1 Å². The number of aromatic carboxylic acids is 1. The maximum absolute atomic E-state index is 12.6. The maximum atomic E-state index is 12.6. The van der Waals surface area contributed by atoms with E-state index in [2.05, 4.69) is 0 Å². The number of sulfone groups is 1. The molecule has 1 aromatic carbocycles. The fourth-order valence-electron chi connectivity index (χ4n) is 2.68. The van der Waals surface area contributed by atoms with E-state index in [0.717, 1.165) is 6.26 Å². The number of hydrogen-bond acceptors (Lipinski definition) is 5. The first-order valence-electron chi connectivity index (χ1n) is 7.95. The molecule has 7 nitrogen and oxygen atoms in total. The van der Waals surface area contributed by atoms with Gasteiger partial charge in [0, 0.05) is 18.9 Å². The van der Waals surface area contributed by atoms with Crippen molar-refractivity contribution < 1.29 is 27.5 Å². The van der Waals surface area contributed by atoms with Crippen molar-refractivity contribution in [3.05, 3.63) is 52.5 Å². The highest BCUT2D eigenvalue weighted by Crippen LogP contribution is 2.21. The zero-order valence-corrected chi connectivity index (χ0v) is 15.9. The van der Waals surface area contributed by atoms with Crippen molar-refractivity contribution in [2.75, 3.05) is 13.3 Å². The first-order valence-corrected chi connectivity index (χ1v) is 9.84. The number of carboxylic acids is 1. The van der Waals surface area contributed by atoms with Crippen LogP contribution in [0.2, 0.25) is 0 Å². The van der Waals surface area contributed by atoms with Crippen LogP contribution in [0.15, 0.2) is 33.6 Å². The Labute approximate surface area is 152 Å². The van der Waals surface area contributed by atoms with Crippen LogP contribution in [0.4, 0.5) is 0 Å². The summed E-state index contributed by atoms with van der Waals surface area (Å²) < 4.78 is 29.3. The van der Waals surface area contributed by atoms with Crippen molar-refractivity contribution >= 4 is 21.7 Å². The lowest BCUT2D eigenvalue weighted by atomic mass is 10.1. The summed E-state index contributed by atoms with van der Waals surface area (Å²) in [5, 5.41) is 9.06. The van der Waals surface area contributed by atoms with Gasteiger partial charge in [0.25, 0.3) is 5.91 Å². The monoisotopic (exact) mass is 379 g/mol. The van der Waals surface area contributed by atoms with E-state index in [-0.39, 0.29) is 34.2 Å². The van der Waals surface area contributed by atoms with E-state index in [0.29, 0.717) is 17.7 Å². The summed E-state index contributed by atoms with van der Waals surface area (Å²) in [7, 11) is -1.92. The molecular formula is C18H21NO6S. The second-order valence-corrected chi connectivity index (χ2v) is 8.08. The van der Waals surface area contributed by atoms with E-state index in [4.69, 9.17) is 9.52 Å². The van der Waals surface area contributed by atoms with E-state index >= 15 is 0 Å². The van der Waals surface area contributed by atoms with Gasteiger partial charge >= 0.3 is 5.97 Å². The minimum Gasteiger partial charge on any atom is -0.478 e.